The van der Waals surface area contributed by atoms with Gasteiger partial charge in [0.2, 0.25) is 5.91 Å². The van der Waals surface area contributed by atoms with E-state index in [9.17, 15) is 14.4 Å². The van der Waals surface area contributed by atoms with E-state index in [0.717, 1.165) is 24.8 Å². The van der Waals surface area contributed by atoms with Crippen LogP contribution in [0, 0.1) is 23.2 Å². The quantitative estimate of drug-likeness (QED) is 0.330. The van der Waals surface area contributed by atoms with Crippen LogP contribution in [0.2, 0.25) is 0 Å². The highest BCUT2D eigenvalue weighted by atomic mass is 32.2. The molecule has 2 aromatic carbocycles. The van der Waals surface area contributed by atoms with Crippen LogP contribution in [-0.2, 0) is 14.4 Å². The van der Waals surface area contributed by atoms with Gasteiger partial charge in [-0.1, -0.05) is 36.0 Å². The monoisotopic (exact) mass is 577 g/mol. The number of amides is 3. The van der Waals surface area contributed by atoms with Gasteiger partial charge in [-0.2, -0.15) is 5.01 Å². The first-order valence-electron chi connectivity index (χ1n) is 13.6. The van der Waals surface area contributed by atoms with E-state index in [0.29, 0.717) is 44.2 Å². The van der Waals surface area contributed by atoms with Crippen molar-refractivity contribution in [3.63, 3.8) is 0 Å². The largest absolute Gasteiger partial charge is 0.495 e. The van der Waals surface area contributed by atoms with Crippen molar-refractivity contribution in [2.24, 2.45) is 23.2 Å². The van der Waals surface area contributed by atoms with Gasteiger partial charge < -0.3 is 14.8 Å². The van der Waals surface area contributed by atoms with Crippen LogP contribution in [-0.4, -0.2) is 40.8 Å². The zero-order valence-electron chi connectivity index (χ0n) is 22.2. The van der Waals surface area contributed by atoms with Gasteiger partial charge in [-0.3, -0.25) is 19.8 Å². The third-order valence-electron chi connectivity index (χ3n) is 8.46. The minimum Gasteiger partial charge on any atom is -0.495 e. The maximum Gasteiger partial charge on any atom is 0.285 e. The van der Waals surface area contributed by atoms with Crippen LogP contribution < -0.4 is 20.2 Å². The van der Waals surface area contributed by atoms with E-state index < -0.39 is 0 Å². The molecule has 2 aromatic rings. The second-order valence-corrected chi connectivity index (χ2v) is 12.9. The molecule has 4 saturated carbocycles. The summed E-state index contributed by atoms with van der Waals surface area (Å²) in [7, 11) is 1.54. The van der Waals surface area contributed by atoms with E-state index >= 15 is 0 Å². The fourth-order valence-corrected chi connectivity index (χ4v) is 8.25. The van der Waals surface area contributed by atoms with Crippen LogP contribution in [0.25, 0.3) is 6.08 Å². The SMILES string of the molecule is COc1ccccc1NC(=O)COc1ccc(C=C2SC(=S)N(NC(=O)C34CC5CC(CC(C5)C3)C4)C2=O)cc1. The Morgan fingerprint density at radius 2 is 1.70 bits per heavy atom. The molecule has 4 aliphatic carbocycles. The Labute approximate surface area is 242 Å². The Morgan fingerprint density at radius 3 is 2.35 bits per heavy atom. The van der Waals surface area contributed by atoms with E-state index in [4.69, 9.17) is 21.7 Å². The number of anilines is 1. The number of hydrogen-bond acceptors (Lipinski definition) is 7. The highest BCUT2D eigenvalue weighted by molar-refractivity contribution is 8.26. The van der Waals surface area contributed by atoms with Gasteiger partial charge >= 0.3 is 0 Å². The second kappa shape index (κ2) is 10.9. The van der Waals surface area contributed by atoms with Crippen LogP contribution in [0.1, 0.15) is 44.1 Å². The fourth-order valence-electron chi connectivity index (χ4n) is 7.07. The zero-order valence-corrected chi connectivity index (χ0v) is 23.8. The predicted octanol–water partition coefficient (Wildman–Crippen LogP) is 5.16. The van der Waals surface area contributed by atoms with Gasteiger partial charge in [-0.05, 0) is 104 Å². The molecule has 5 aliphatic rings. The van der Waals surface area contributed by atoms with Crippen LogP contribution in [0.4, 0.5) is 5.69 Å². The van der Waals surface area contributed by atoms with Crippen LogP contribution in [0.3, 0.4) is 0 Å². The maximum absolute atomic E-state index is 13.4. The molecule has 40 heavy (non-hydrogen) atoms. The first-order chi connectivity index (χ1) is 19.3. The van der Waals surface area contributed by atoms with Gasteiger partial charge in [0.05, 0.1) is 23.1 Å². The van der Waals surface area contributed by atoms with E-state index in [2.05, 4.69) is 10.7 Å². The summed E-state index contributed by atoms with van der Waals surface area (Å²) in [5.41, 5.74) is 3.88. The lowest BCUT2D eigenvalue weighted by Gasteiger charge is -2.55. The van der Waals surface area contributed by atoms with Crippen molar-refractivity contribution >= 4 is 57.8 Å². The number of ether oxygens (including phenoxy) is 2. The van der Waals surface area contributed by atoms with Crippen molar-refractivity contribution in [1.82, 2.24) is 10.4 Å². The topological polar surface area (TPSA) is 97.0 Å². The molecule has 10 heteroatoms. The van der Waals surface area contributed by atoms with Gasteiger partial charge in [0.25, 0.3) is 11.8 Å². The molecule has 4 bridgehead atoms. The Morgan fingerprint density at radius 1 is 1.05 bits per heavy atom. The van der Waals surface area contributed by atoms with Gasteiger partial charge in [-0.15, -0.1) is 0 Å². The van der Waals surface area contributed by atoms with Crippen molar-refractivity contribution < 1.29 is 23.9 Å². The molecular weight excluding hydrogens is 546 g/mol. The number of benzene rings is 2. The first kappa shape index (κ1) is 26.8. The molecule has 2 N–H and O–H groups in total. The Bertz CT molecular complexity index is 1350. The summed E-state index contributed by atoms with van der Waals surface area (Å²) in [6.07, 6.45) is 8.25. The average Bonchev–Trinajstić information content (AvgIpc) is 3.19. The molecule has 0 aromatic heterocycles. The van der Waals surface area contributed by atoms with E-state index in [1.54, 1.807) is 49.6 Å². The molecule has 5 fully saturated rings. The third kappa shape index (κ3) is 5.34. The lowest BCUT2D eigenvalue weighted by atomic mass is 9.49. The number of hydrogen-bond donors (Lipinski definition) is 2. The number of methoxy groups -OCH3 is 1. The van der Waals surface area contributed by atoms with Gasteiger partial charge in [-0.25, -0.2) is 0 Å². The van der Waals surface area contributed by atoms with Crippen LogP contribution in [0.15, 0.2) is 53.4 Å². The molecule has 1 aliphatic heterocycles. The number of carbonyl (C=O) groups excluding carboxylic acids is 3. The van der Waals surface area contributed by atoms with Crippen molar-refractivity contribution in [2.75, 3.05) is 19.0 Å². The summed E-state index contributed by atoms with van der Waals surface area (Å²) in [6, 6.07) is 14.2. The van der Waals surface area contributed by atoms with Gasteiger partial charge in [0, 0.05) is 0 Å². The highest BCUT2D eigenvalue weighted by Gasteiger charge is 2.55. The number of para-hydroxylation sites is 2. The molecule has 8 nitrogen and oxygen atoms in total. The Hall–Kier alpha value is -3.37. The highest BCUT2D eigenvalue weighted by Crippen LogP contribution is 2.60. The molecule has 0 radical (unpaired) electrons. The lowest BCUT2D eigenvalue weighted by Crippen LogP contribution is -2.57. The number of nitrogens with one attached hydrogen (secondary N) is 2. The Kier molecular flexibility index (Phi) is 7.31. The number of carbonyl (C=O) groups is 3. The molecule has 0 spiro atoms. The van der Waals surface area contributed by atoms with Crippen molar-refractivity contribution in [1.29, 1.82) is 0 Å². The summed E-state index contributed by atoms with van der Waals surface area (Å²) in [4.78, 5) is 39.4. The third-order valence-corrected chi connectivity index (χ3v) is 9.76. The zero-order chi connectivity index (χ0) is 27.9. The summed E-state index contributed by atoms with van der Waals surface area (Å²) in [5.74, 6) is 2.31. The molecular formula is C30H31N3O5S2. The number of thioether (sulfide) groups is 1. The summed E-state index contributed by atoms with van der Waals surface area (Å²) < 4.78 is 11.2. The lowest BCUT2D eigenvalue weighted by molar-refractivity contribution is -0.152. The molecule has 0 atom stereocenters. The minimum atomic E-state index is -0.359. The fraction of sp³-hybridized carbons (Fsp3) is 0.400. The standard InChI is InChI=1S/C30H31N3O5S2/c1-37-24-5-3-2-4-23(24)31-26(34)17-38-22-8-6-18(7-9-22)13-25-27(35)33(29(39)40-25)32-28(36)30-14-19-10-20(15-30)12-21(11-19)16-30/h2-9,13,19-21H,10-12,14-17H2,1H3,(H,31,34)(H,32,36). The van der Waals surface area contributed by atoms with Crippen molar-refractivity contribution in [3.05, 3.63) is 59.0 Å². The minimum absolute atomic E-state index is 0.0552. The van der Waals surface area contributed by atoms with E-state index in [1.807, 2.05) is 12.1 Å². The van der Waals surface area contributed by atoms with E-state index in [-0.39, 0.29) is 29.7 Å². The van der Waals surface area contributed by atoms with E-state index in [1.165, 1.54) is 36.0 Å². The molecule has 3 amide bonds. The first-order valence-corrected chi connectivity index (χ1v) is 14.8. The smallest absolute Gasteiger partial charge is 0.285 e. The molecule has 208 valence electrons. The molecule has 7 rings (SSSR count). The number of nitrogens with zero attached hydrogens (tertiary/aromatic N) is 1. The molecule has 1 saturated heterocycles. The summed E-state index contributed by atoms with van der Waals surface area (Å²) >= 11 is 6.64. The summed E-state index contributed by atoms with van der Waals surface area (Å²) in [6.45, 7) is -0.167. The van der Waals surface area contributed by atoms with Crippen molar-refractivity contribution in [2.45, 2.75) is 38.5 Å². The summed E-state index contributed by atoms with van der Waals surface area (Å²) in [5, 5.41) is 4.01. The maximum atomic E-state index is 13.4. The predicted molar refractivity (Wildman–Crippen MR) is 157 cm³/mol. The number of hydrazine groups is 1. The van der Waals surface area contributed by atoms with Gasteiger partial charge in [0.15, 0.2) is 10.9 Å². The van der Waals surface area contributed by atoms with Crippen LogP contribution in [0.5, 0.6) is 11.5 Å². The Balaban J connectivity index is 1.05. The van der Waals surface area contributed by atoms with Crippen LogP contribution >= 0.6 is 24.0 Å². The number of thiocarbonyl (C=S) groups is 1. The molecule has 0 unspecified atom stereocenters. The van der Waals surface area contributed by atoms with Crippen molar-refractivity contribution in [3.8, 4) is 11.5 Å². The molecule has 1 heterocycles. The average molecular weight is 578 g/mol. The second-order valence-electron chi connectivity index (χ2n) is 11.3. The normalized spacial score (nSPS) is 27.7. The number of rotatable bonds is 8. The van der Waals surface area contributed by atoms with Gasteiger partial charge in [0.1, 0.15) is 11.5 Å².